The summed E-state index contributed by atoms with van der Waals surface area (Å²) in [5.74, 6) is 6.43. The monoisotopic (exact) mass is 276 g/mol. The average Bonchev–Trinajstić information content (AvgIpc) is 2.93. The number of amides is 1. The minimum Gasteiger partial charge on any atom is -0.337 e. The maximum atomic E-state index is 11.6. The van der Waals surface area contributed by atoms with Crippen molar-refractivity contribution in [2.45, 2.75) is 19.4 Å². The van der Waals surface area contributed by atoms with E-state index in [0.29, 0.717) is 13.0 Å². The second-order valence-electron chi connectivity index (χ2n) is 5.07. The molecule has 3 heteroatoms. The Labute approximate surface area is 124 Å². The third kappa shape index (κ3) is 3.49. The maximum Gasteiger partial charge on any atom is 0.222 e. The Hall–Kier alpha value is -2.60. The Morgan fingerprint density at radius 1 is 1.05 bits per heavy atom. The summed E-state index contributed by atoms with van der Waals surface area (Å²) >= 11 is 0. The van der Waals surface area contributed by atoms with Gasteiger partial charge in [-0.25, -0.2) is 0 Å². The standard InChI is InChI=1S/C18H16N2O/c21-18-7-4-12-20(18)14-17-11-10-16(13-19-17)9-8-15-5-2-1-3-6-15/h1-3,5-6,10-11,13H,4,7,12,14H2. The lowest BCUT2D eigenvalue weighted by Gasteiger charge is -2.14. The van der Waals surface area contributed by atoms with Gasteiger partial charge in [0.25, 0.3) is 0 Å². The lowest BCUT2D eigenvalue weighted by atomic mass is 10.2. The van der Waals surface area contributed by atoms with E-state index in [0.717, 1.165) is 29.8 Å². The molecule has 0 N–H and O–H groups in total. The molecule has 1 aliphatic rings. The van der Waals surface area contributed by atoms with E-state index in [1.807, 2.05) is 47.4 Å². The van der Waals surface area contributed by atoms with Crippen molar-refractivity contribution in [3.63, 3.8) is 0 Å². The SMILES string of the molecule is O=C1CCCN1Cc1ccc(C#Cc2ccccc2)cn1. The van der Waals surface area contributed by atoms with Crippen LogP contribution in [0, 0.1) is 11.8 Å². The smallest absolute Gasteiger partial charge is 0.222 e. The fourth-order valence-corrected chi connectivity index (χ4v) is 2.32. The predicted molar refractivity (Wildman–Crippen MR) is 81.3 cm³/mol. The largest absolute Gasteiger partial charge is 0.337 e. The van der Waals surface area contributed by atoms with Crippen molar-refractivity contribution in [1.82, 2.24) is 9.88 Å². The predicted octanol–water partition coefficient (Wildman–Crippen LogP) is 2.60. The number of benzene rings is 1. The molecule has 0 aliphatic carbocycles. The zero-order chi connectivity index (χ0) is 14.5. The Morgan fingerprint density at radius 3 is 2.52 bits per heavy atom. The third-order valence-electron chi connectivity index (χ3n) is 3.47. The molecular formula is C18H16N2O. The minimum absolute atomic E-state index is 0.227. The molecule has 0 radical (unpaired) electrons. The van der Waals surface area contributed by atoms with Crippen LogP contribution in [-0.4, -0.2) is 22.3 Å². The number of hydrogen-bond donors (Lipinski definition) is 0. The average molecular weight is 276 g/mol. The van der Waals surface area contributed by atoms with Crippen molar-refractivity contribution >= 4 is 5.91 Å². The van der Waals surface area contributed by atoms with Crippen LogP contribution in [0.3, 0.4) is 0 Å². The van der Waals surface area contributed by atoms with Gasteiger partial charge in [0, 0.05) is 30.3 Å². The summed E-state index contributed by atoms with van der Waals surface area (Å²) in [5, 5.41) is 0. The molecule has 0 atom stereocenters. The number of hydrogen-bond acceptors (Lipinski definition) is 2. The highest BCUT2D eigenvalue weighted by atomic mass is 16.2. The zero-order valence-corrected chi connectivity index (χ0v) is 11.7. The van der Waals surface area contributed by atoms with E-state index in [1.54, 1.807) is 6.20 Å². The number of aromatic nitrogens is 1. The van der Waals surface area contributed by atoms with E-state index in [-0.39, 0.29) is 5.91 Å². The van der Waals surface area contributed by atoms with Crippen LogP contribution in [-0.2, 0) is 11.3 Å². The van der Waals surface area contributed by atoms with Crippen LogP contribution in [0.5, 0.6) is 0 Å². The van der Waals surface area contributed by atoms with E-state index in [1.165, 1.54) is 0 Å². The number of rotatable bonds is 2. The van der Waals surface area contributed by atoms with E-state index >= 15 is 0 Å². The Balaban J connectivity index is 1.67. The van der Waals surface area contributed by atoms with Crippen LogP contribution in [0.15, 0.2) is 48.7 Å². The summed E-state index contributed by atoms with van der Waals surface area (Å²) in [7, 11) is 0. The summed E-state index contributed by atoms with van der Waals surface area (Å²) in [6.45, 7) is 1.45. The topological polar surface area (TPSA) is 33.2 Å². The highest BCUT2D eigenvalue weighted by Crippen LogP contribution is 2.13. The summed E-state index contributed by atoms with van der Waals surface area (Å²) in [6.07, 6.45) is 3.39. The molecule has 0 unspecified atom stereocenters. The second-order valence-corrected chi connectivity index (χ2v) is 5.07. The first-order chi connectivity index (χ1) is 10.3. The van der Waals surface area contributed by atoms with Gasteiger partial charge >= 0.3 is 0 Å². The zero-order valence-electron chi connectivity index (χ0n) is 11.7. The molecule has 1 aromatic carbocycles. The van der Waals surface area contributed by atoms with Gasteiger partial charge in [-0.1, -0.05) is 30.0 Å². The Bertz CT molecular complexity index is 681. The second kappa shape index (κ2) is 6.23. The maximum absolute atomic E-state index is 11.6. The Morgan fingerprint density at radius 2 is 1.86 bits per heavy atom. The quantitative estimate of drug-likeness (QED) is 0.790. The lowest BCUT2D eigenvalue weighted by molar-refractivity contribution is -0.128. The molecule has 3 nitrogen and oxygen atoms in total. The summed E-state index contributed by atoms with van der Waals surface area (Å²) in [6, 6.07) is 13.8. The van der Waals surface area contributed by atoms with Crippen LogP contribution >= 0.6 is 0 Å². The number of nitrogens with zero attached hydrogens (tertiary/aromatic N) is 2. The van der Waals surface area contributed by atoms with Gasteiger partial charge in [0.1, 0.15) is 0 Å². The molecule has 1 aliphatic heterocycles. The molecule has 0 spiro atoms. The fourth-order valence-electron chi connectivity index (χ4n) is 2.32. The van der Waals surface area contributed by atoms with Crippen molar-refractivity contribution in [3.05, 3.63) is 65.5 Å². The molecule has 1 aromatic heterocycles. The number of pyridine rings is 1. The van der Waals surface area contributed by atoms with Gasteiger partial charge in [-0.05, 0) is 30.7 Å². The molecular weight excluding hydrogens is 260 g/mol. The van der Waals surface area contributed by atoms with Gasteiger partial charge < -0.3 is 4.90 Å². The van der Waals surface area contributed by atoms with E-state index in [2.05, 4.69) is 16.8 Å². The molecule has 2 heterocycles. The number of likely N-dealkylation sites (tertiary alicyclic amines) is 1. The lowest BCUT2D eigenvalue weighted by Crippen LogP contribution is -2.24. The van der Waals surface area contributed by atoms with Crippen molar-refractivity contribution in [3.8, 4) is 11.8 Å². The first kappa shape index (κ1) is 13.4. The molecule has 1 saturated heterocycles. The van der Waals surface area contributed by atoms with Gasteiger partial charge in [0.15, 0.2) is 0 Å². The highest BCUT2D eigenvalue weighted by molar-refractivity contribution is 5.77. The van der Waals surface area contributed by atoms with Gasteiger partial charge in [-0.3, -0.25) is 9.78 Å². The van der Waals surface area contributed by atoms with Gasteiger partial charge in [-0.15, -0.1) is 0 Å². The highest BCUT2D eigenvalue weighted by Gasteiger charge is 2.20. The van der Waals surface area contributed by atoms with E-state index in [9.17, 15) is 4.79 Å². The molecule has 1 amide bonds. The molecule has 3 rings (SSSR count). The fraction of sp³-hybridized carbons (Fsp3) is 0.222. The first-order valence-corrected chi connectivity index (χ1v) is 7.11. The van der Waals surface area contributed by atoms with Gasteiger partial charge in [0.2, 0.25) is 5.91 Å². The number of carbonyl (C=O) groups is 1. The van der Waals surface area contributed by atoms with Crippen molar-refractivity contribution < 1.29 is 4.79 Å². The van der Waals surface area contributed by atoms with E-state index < -0.39 is 0 Å². The molecule has 1 fully saturated rings. The van der Waals surface area contributed by atoms with Crippen LogP contribution in [0.2, 0.25) is 0 Å². The van der Waals surface area contributed by atoms with Crippen LogP contribution < -0.4 is 0 Å². The van der Waals surface area contributed by atoms with Crippen molar-refractivity contribution in [2.24, 2.45) is 0 Å². The van der Waals surface area contributed by atoms with Gasteiger partial charge in [-0.2, -0.15) is 0 Å². The van der Waals surface area contributed by atoms with Crippen LogP contribution in [0.25, 0.3) is 0 Å². The van der Waals surface area contributed by atoms with E-state index in [4.69, 9.17) is 0 Å². The first-order valence-electron chi connectivity index (χ1n) is 7.11. The van der Waals surface area contributed by atoms with Gasteiger partial charge in [0.05, 0.1) is 12.2 Å². The summed E-state index contributed by atoms with van der Waals surface area (Å²) in [5.41, 5.74) is 2.79. The van der Waals surface area contributed by atoms with Crippen molar-refractivity contribution in [1.29, 1.82) is 0 Å². The summed E-state index contributed by atoms with van der Waals surface area (Å²) in [4.78, 5) is 17.8. The molecule has 21 heavy (non-hydrogen) atoms. The molecule has 0 saturated carbocycles. The van der Waals surface area contributed by atoms with Crippen LogP contribution in [0.4, 0.5) is 0 Å². The molecule has 2 aromatic rings. The number of carbonyl (C=O) groups excluding carboxylic acids is 1. The van der Waals surface area contributed by atoms with Crippen LogP contribution in [0.1, 0.15) is 29.7 Å². The molecule has 104 valence electrons. The normalized spacial score (nSPS) is 13.9. The third-order valence-corrected chi connectivity index (χ3v) is 3.47. The summed E-state index contributed by atoms with van der Waals surface area (Å²) < 4.78 is 0. The van der Waals surface area contributed by atoms with Crippen molar-refractivity contribution in [2.75, 3.05) is 6.54 Å². The minimum atomic E-state index is 0.227. The molecule has 0 bridgehead atoms. The Kier molecular flexibility index (Phi) is 3.97.